The van der Waals surface area contributed by atoms with Gasteiger partial charge in [0.15, 0.2) is 0 Å². The van der Waals surface area contributed by atoms with E-state index in [4.69, 9.17) is 5.73 Å². The van der Waals surface area contributed by atoms with Crippen LogP contribution in [0.5, 0.6) is 5.75 Å². The first-order chi connectivity index (χ1) is 8.15. The number of anilines is 1. The van der Waals surface area contributed by atoms with E-state index in [1.807, 2.05) is 19.1 Å². The van der Waals surface area contributed by atoms with Crippen molar-refractivity contribution in [2.24, 2.45) is 0 Å². The van der Waals surface area contributed by atoms with Crippen molar-refractivity contribution in [3.8, 4) is 5.75 Å². The number of aromatic nitrogens is 2. The van der Waals surface area contributed by atoms with Gasteiger partial charge in [-0.05, 0) is 19.1 Å². The van der Waals surface area contributed by atoms with Crippen molar-refractivity contribution in [2.75, 3.05) is 5.73 Å². The Bertz CT molecular complexity index is 511. The Kier molecular flexibility index (Phi) is 3.49. The number of thioether (sulfide) groups is 1. The molecule has 0 unspecified atom stereocenters. The number of rotatable bonds is 3. The molecule has 88 valence electrons. The van der Waals surface area contributed by atoms with Crippen molar-refractivity contribution in [3.05, 3.63) is 41.9 Å². The van der Waals surface area contributed by atoms with E-state index in [0.717, 1.165) is 10.6 Å². The van der Waals surface area contributed by atoms with E-state index in [9.17, 15) is 5.11 Å². The number of aromatic hydroxyl groups is 1. The lowest BCUT2D eigenvalue weighted by molar-refractivity contribution is 0.462. The van der Waals surface area contributed by atoms with E-state index >= 15 is 0 Å². The molecule has 1 aromatic carbocycles. The van der Waals surface area contributed by atoms with Gasteiger partial charge in [-0.15, -0.1) is 11.8 Å². The molecule has 1 aromatic heterocycles. The summed E-state index contributed by atoms with van der Waals surface area (Å²) in [5.74, 6) is 2.02. The summed E-state index contributed by atoms with van der Waals surface area (Å²) in [6, 6.07) is 8.93. The molecule has 17 heavy (non-hydrogen) atoms. The number of nitrogens with zero attached hydrogens (tertiary/aromatic N) is 2. The summed E-state index contributed by atoms with van der Waals surface area (Å²) in [6.07, 6.45) is 0. The largest absolute Gasteiger partial charge is 0.507 e. The van der Waals surface area contributed by atoms with Crippen LogP contribution in [0.3, 0.4) is 0 Å². The molecule has 2 rings (SSSR count). The van der Waals surface area contributed by atoms with E-state index < -0.39 is 0 Å². The maximum Gasteiger partial charge on any atom is 0.141 e. The maximum atomic E-state index is 9.61. The number of para-hydroxylation sites is 1. The normalized spacial score (nSPS) is 10.4. The van der Waals surface area contributed by atoms with Crippen LogP contribution in [0, 0.1) is 6.92 Å². The van der Waals surface area contributed by atoms with E-state index in [-0.39, 0.29) is 5.75 Å². The second-order valence-electron chi connectivity index (χ2n) is 3.61. The summed E-state index contributed by atoms with van der Waals surface area (Å²) in [7, 11) is 0. The highest BCUT2D eigenvalue weighted by Gasteiger charge is 2.04. The molecule has 0 aliphatic heterocycles. The Morgan fingerprint density at radius 1 is 1.29 bits per heavy atom. The number of hydrogen-bond acceptors (Lipinski definition) is 5. The van der Waals surface area contributed by atoms with Gasteiger partial charge in [-0.2, -0.15) is 0 Å². The molecule has 1 heterocycles. The van der Waals surface area contributed by atoms with E-state index in [1.165, 1.54) is 11.8 Å². The second kappa shape index (κ2) is 5.05. The highest BCUT2D eigenvalue weighted by Crippen LogP contribution is 2.29. The minimum absolute atomic E-state index is 0.276. The molecule has 0 aliphatic rings. The lowest BCUT2D eigenvalue weighted by Crippen LogP contribution is -1.99. The number of nitrogen functional groups attached to an aromatic ring is 1. The zero-order chi connectivity index (χ0) is 12.3. The predicted molar refractivity (Wildman–Crippen MR) is 68.8 cm³/mol. The molecule has 0 bridgehead atoms. The van der Waals surface area contributed by atoms with Gasteiger partial charge in [0.25, 0.3) is 0 Å². The van der Waals surface area contributed by atoms with Gasteiger partial charge in [-0.1, -0.05) is 12.1 Å². The maximum absolute atomic E-state index is 9.61. The fraction of sp³-hybridized carbons (Fsp3) is 0.167. The molecule has 5 heteroatoms. The standard InChI is InChI=1S/C12H13N3OS/c1-8-6-11(13)15-12(14-8)7-17-10-5-3-2-4-9(10)16/h2-6,16H,7H2,1H3,(H2,13,14,15). The molecule has 0 amide bonds. The first kappa shape index (κ1) is 11.7. The van der Waals surface area contributed by atoms with E-state index in [2.05, 4.69) is 9.97 Å². The molecule has 0 saturated carbocycles. The number of phenolic OH excluding ortho intramolecular Hbond substituents is 1. The van der Waals surface area contributed by atoms with Crippen LogP contribution in [0.4, 0.5) is 5.82 Å². The third-order valence-electron chi connectivity index (χ3n) is 2.14. The summed E-state index contributed by atoms with van der Waals surface area (Å²) in [5.41, 5.74) is 6.50. The van der Waals surface area contributed by atoms with Crippen LogP contribution < -0.4 is 5.73 Å². The molecule has 3 N–H and O–H groups in total. The lowest BCUT2D eigenvalue weighted by atomic mass is 10.3. The highest BCUT2D eigenvalue weighted by molar-refractivity contribution is 7.98. The number of hydrogen-bond donors (Lipinski definition) is 2. The minimum atomic E-state index is 0.276. The molecular formula is C12H13N3OS. The molecule has 0 saturated heterocycles. The second-order valence-corrected chi connectivity index (χ2v) is 4.62. The summed E-state index contributed by atoms with van der Waals surface area (Å²) in [6.45, 7) is 1.88. The fourth-order valence-electron chi connectivity index (χ4n) is 1.44. The Hall–Kier alpha value is -1.75. The molecule has 4 nitrogen and oxygen atoms in total. The van der Waals surface area contributed by atoms with E-state index in [1.54, 1.807) is 18.2 Å². The fourth-order valence-corrected chi connectivity index (χ4v) is 2.25. The summed E-state index contributed by atoms with van der Waals surface area (Å²) in [5, 5.41) is 9.61. The van der Waals surface area contributed by atoms with Crippen molar-refractivity contribution in [1.29, 1.82) is 0 Å². The molecule has 0 aliphatic carbocycles. The van der Waals surface area contributed by atoms with Crippen molar-refractivity contribution in [2.45, 2.75) is 17.6 Å². The molecule has 0 spiro atoms. The van der Waals surface area contributed by atoms with Gasteiger partial charge in [0.05, 0.1) is 5.75 Å². The Balaban J connectivity index is 2.10. The van der Waals surface area contributed by atoms with Gasteiger partial charge in [0, 0.05) is 16.7 Å². The smallest absolute Gasteiger partial charge is 0.141 e. The SMILES string of the molecule is Cc1cc(N)nc(CSc2ccccc2O)n1. The highest BCUT2D eigenvalue weighted by atomic mass is 32.2. The molecule has 2 aromatic rings. The summed E-state index contributed by atoms with van der Waals surface area (Å²) >= 11 is 1.49. The van der Waals surface area contributed by atoms with Crippen molar-refractivity contribution in [1.82, 2.24) is 9.97 Å². The average molecular weight is 247 g/mol. The van der Waals surface area contributed by atoms with Crippen LogP contribution in [0.1, 0.15) is 11.5 Å². The number of benzene rings is 1. The third kappa shape index (κ3) is 3.10. The van der Waals surface area contributed by atoms with Crippen LogP contribution in [-0.2, 0) is 5.75 Å². The molecule has 0 fully saturated rings. The van der Waals surface area contributed by atoms with Gasteiger partial charge >= 0.3 is 0 Å². The van der Waals surface area contributed by atoms with Crippen LogP contribution in [-0.4, -0.2) is 15.1 Å². The zero-order valence-corrected chi connectivity index (χ0v) is 10.2. The van der Waals surface area contributed by atoms with Crippen molar-refractivity contribution in [3.63, 3.8) is 0 Å². The van der Waals surface area contributed by atoms with Gasteiger partial charge < -0.3 is 10.8 Å². The number of nitrogens with two attached hydrogens (primary N) is 1. The van der Waals surface area contributed by atoms with Crippen molar-refractivity contribution >= 4 is 17.6 Å². The lowest BCUT2D eigenvalue weighted by Gasteiger charge is -2.04. The molecule has 0 radical (unpaired) electrons. The first-order valence-corrected chi connectivity index (χ1v) is 6.14. The predicted octanol–water partition coefficient (Wildman–Crippen LogP) is 2.37. The minimum Gasteiger partial charge on any atom is -0.507 e. The van der Waals surface area contributed by atoms with Gasteiger partial charge in [-0.3, -0.25) is 0 Å². The van der Waals surface area contributed by atoms with Crippen molar-refractivity contribution < 1.29 is 5.11 Å². The van der Waals surface area contributed by atoms with Gasteiger partial charge in [-0.25, -0.2) is 9.97 Å². The Labute approximate surface area is 104 Å². The van der Waals surface area contributed by atoms with E-state index in [0.29, 0.717) is 17.4 Å². The number of phenols is 1. The van der Waals surface area contributed by atoms with Crippen LogP contribution in [0.2, 0.25) is 0 Å². The quantitative estimate of drug-likeness (QED) is 0.815. The van der Waals surface area contributed by atoms with Crippen LogP contribution in [0.25, 0.3) is 0 Å². The Morgan fingerprint density at radius 3 is 2.76 bits per heavy atom. The number of aryl methyl sites for hydroxylation is 1. The summed E-state index contributed by atoms with van der Waals surface area (Å²) in [4.78, 5) is 9.24. The third-order valence-corrected chi connectivity index (χ3v) is 3.20. The van der Waals surface area contributed by atoms with Gasteiger partial charge in [0.2, 0.25) is 0 Å². The average Bonchev–Trinajstić information content (AvgIpc) is 2.27. The molecule has 0 atom stereocenters. The van der Waals surface area contributed by atoms with Crippen LogP contribution in [0.15, 0.2) is 35.2 Å². The van der Waals surface area contributed by atoms with Gasteiger partial charge in [0.1, 0.15) is 17.4 Å². The zero-order valence-electron chi connectivity index (χ0n) is 9.42. The topological polar surface area (TPSA) is 72.0 Å². The Morgan fingerprint density at radius 2 is 2.06 bits per heavy atom. The monoisotopic (exact) mass is 247 g/mol. The van der Waals surface area contributed by atoms with Crippen LogP contribution >= 0.6 is 11.8 Å². The molecular weight excluding hydrogens is 234 g/mol. The summed E-state index contributed by atoms with van der Waals surface area (Å²) < 4.78 is 0. The first-order valence-electron chi connectivity index (χ1n) is 5.16.